The van der Waals surface area contributed by atoms with E-state index in [4.69, 9.17) is 4.74 Å². The van der Waals surface area contributed by atoms with Crippen molar-refractivity contribution >= 4 is 16.6 Å². The maximum absolute atomic E-state index is 9.49. The van der Waals surface area contributed by atoms with E-state index in [1.807, 2.05) is 12.1 Å². The molecule has 1 aromatic heterocycles. The van der Waals surface area contributed by atoms with Crippen LogP contribution in [0.25, 0.3) is 10.8 Å². The van der Waals surface area contributed by atoms with Gasteiger partial charge >= 0.3 is 0 Å². The largest absolute Gasteiger partial charge is 0.508 e. The van der Waals surface area contributed by atoms with Gasteiger partial charge in [-0.3, -0.25) is 0 Å². The molecule has 0 saturated carbocycles. The van der Waals surface area contributed by atoms with Crippen LogP contribution in [0.5, 0.6) is 5.75 Å². The number of rotatable bonds is 5. The zero-order valence-electron chi connectivity index (χ0n) is 9.81. The van der Waals surface area contributed by atoms with E-state index in [1.54, 1.807) is 25.4 Å². The number of phenols is 1. The van der Waals surface area contributed by atoms with E-state index in [0.717, 1.165) is 36.2 Å². The lowest BCUT2D eigenvalue weighted by atomic mass is 10.1. The van der Waals surface area contributed by atoms with Gasteiger partial charge in [0.1, 0.15) is 11.6 Å². The van der Waals surface area contributed by atoms with E-state index in [-0.39, 0.29) is 5.75 Å². The molecule has 4 nitrogen and oxygen atoms in total. The van der Waals surface area contributed by atoms with Gasteiger partial charge in [0.25, 0.3) is 0 Å². The fourth-order valence-corrected chi connectivity index (χ4v) is 1.72. The van der Waals surface area contributed by atoms with Gasteiger partial charge in [-0.05, 0) is 30.0 Å². The van der Waals surface area contributed by atoms with E-state index in [2.05, 4.69) is 10.3 Å². The van der Waals surface area contributed by atoms with E-state index < -0.39 is 0 Å². The van der Waals surface area contributed by atoms with Gasteiger partial charge in [0.15, 0.2) is 0 Å². The zero-order chi connectivity index (χ0) is 12.1. The van der Waals surface area contributed by atoms with Gasteiger partial charge in [0.2, 0.25) is 0 Å². The van der Waals surface area contributed by atoms with Crippen LogP contribution in [-0.2, 0) is 4.74 Å². The molecule has 0 spiro atoms. The summed E-state index contributed by atoms with van der Waals surface area (Å²) in [4.78, 5) is 4.28. The molecule has 17 heavy (non-hydrogen) atoms. The van der Waals surface area contributed by atoms with Crippen LogP contribution >= 0.6 is 0 Å². The van der Waals surface area contributed by atoms with Crippen LogP contribution in [0.15, 0.2) is 30.5 Å². The fourth-order valence-electron chi connectivity index (χ4n) is 1.72. The Hall–Kier alpha value is -1.81. The summed E-state index contributed by atoms with van der Waals surface area (Å²) >= 11 is 0. The number of anilines is 1. The average Bonchev–Trinajstić information content (AvgIpc) is 2.35. The fraction of sp³-hybridized carbons (Fsp3) is 0.308. The molecule has 0 amide bonds. The third-order valence-corrected chi connectivity index (χ3v) is 2.57. The highest BCUT2D eigenvalue weighted by atomic mass is 16.5. The first kappa shape index (κ1) is 11.7. The molecular formula is C13H16N2O2. The minimum atomic E-state index is 0.255. The molecule has 1 aromatic carbocycles. The number of aromatic nitrogens is 1. The van der Waals surface area contributed by atoms with Crippen LogP contribution < -0.4 is 5.32 Å². The lowest BCUT2D eigenvalue weighted by molar-refractivity contribution is 0.198. The van der Waals surface area contributed by atoms with Gasteiger partial charge in [0.05, 0.1) is 0 Å². The number of aromatic hydroxyl groups is 1. The molecule has 90 valence electrons. The molecule has 0 unspecified atom stereocenters. The maximum atomic E-state index is 9.49. The summed E-state index contributed by atoms with van der Waals surface area (Å²) < 4.78 is 4.99. The summed E-state index contributed by atoms with van der Waals surface area (Å²) in [5.41, 5.74) is 0. The number of benzene rings is 1. The first-order valence-corrected chi connectivity index (χ1v) is 5.62. The van der Waals surface area contributed by atoms with E-state index in [9.17, 15) is 5.11 Å². The molecule has 1 heterocycles. The van der Waals surface area contributed by atoms with Crippen molar-refractivity contribution in [3.8, 4) is 5.75 Å². The van der Waals surface area contributed by atoms with Crippen molar-refractivity contribution in [2.45, 2.75) is 6.42 Å². The van der Waals surface area contributed by atoms with Crippen molar-refractivity contribution in [3.63, 3.8) is 0 Å². The van der Waals surface area contributed by atoms with E-state index in [0.29, 0.717) is 0 Å². The van der Waals surface area contributed by atoms with Crippen LogP contribution in [0.4, 0.5) is 5.82 Å². The Morgan fingerprint density at radius 2 is 2.24 bits per heavy atom. The molecule has 0 fully saturated rings. The van der Waals surface area contributed by atoms with Crippen molar-refractivity contribution in [3.05, 3.63) is 30.5 Å². The number of fused-ring (bicyclic) bond motifs is 1. The Balaban J connectivity index is 2.18. The van der Waals surface area contributed by atoms with Crippen LogP contribution in [0, 0.1) is 0 Å². The lowest BCUT2D eigenvalue weighted by Crippen LogP contribution is -2.06. The van der Waals surface area contributed by atoms with Crippen molar-refractivity contribution < 1.29 is 9.84 Å². The first-order valence-electron chi connectivity index (χ1n) is 5.62. The first-order chi connectivity index (χ1) is 8.31. The smallest absolute Gasteiger partial charge is 0.133 e. The highest BCUT2D eigenvalue weighted by molar-refractivity contribution is 5.92. The van der Waals surface area contributed by atoms with Crippen LogP contribution in [0.3, 0.4) is 0 Å². The molecule has 2 aromatic rings. The van der Waals surface area contributed by atoms with E-state index in [1.165, 1.54) is 0 Å². The van der Waals surface area contributed by atoms with Crippen molar-refractivity contribution in [1.29, 1.82) is 0 Å². The van der Waals surface area contributed by atoms with Gasteiger partial charge in [0, 0.05) is 31.8 Å². The van der Waals surface area contributed by atoms with Crippen LogP contribution in [0.1, 0.15) is 6.42 Å². The second kappa shape index (κ2) is 5.50. The normalized spacial score (nSPS) is 10.6. The molecule has 0 bridgehead atoms. The number of pyridine rings is 1. The Morgan fingerprint density at radius 3 is 3.06 bits per heavy atom. The summed E-state index contributed by atoms with van der Waals surface area (Å²) in [5.74, 6) is 1.06. The number of ether oxygens (including phenoxy) is 1. The predicted octanol–water partition coefficient (Wildman–Crippen LogP) is 2.39. The average molecular weight is 232 g/mol. The second-order valence-electron chi connectivity index (χ2n) is 3.84. The molecule has 0 saturated heterocycles. The molecular weight excluding hydrogens is 216 g/mol. The Kier molecular flexibility index (Phi) is 3.77. The van der Waals surface area contributed by atoms with Gasteiger partial charge in [-0.25, -0.2) is 4.98 Å². The number of phenolic OH excluding ortho intramolecular Hbond substituents is 1. The molecule has 0 atom stereocenters. The number of nitrogens with zero attached hydrogens (tertiary/aromatic N) is 1. The highest BCUT2D eigenvalue weighted by Gasteiger charge is 2.02. The Morgan fingerprint density at radius 1 is 1.35 bits per heavy atom. The molecule has 0 aliphatic heterocycles. The summed E-state index contributed by atoms with van der Waals surface area (Å²) in [7, 11) is 1.69. The molecule has 0 aliphatic rings. The van der Waals surface area contributed by atoms with Crippen LogP contribution in [0.2, 0.25) is 0 Å². The summed E-state index contributed by atoms with van der Waals surface area (Å²) in [6.07, 6.45) is 2.69. The predicted molar refractivity (Wildman–Crippen MR) is 68.4 cm³/mol. The number of hydrogen-bond acceptors (Lipinski definition) is 4. The SMILES string of the molecule is COCCCNc1nccc2ccc(O)cc12. The van der Waals surface area contributed by atoms with Crippen LogP contribution in [-0.4, -0.2) is 30.4 Å². The molecule has 2 rings (SSSR count). The maximum Gasteiger partial charge on any atom is 0.133 e. The number of methoxy groups -OCH3 is 1. The molecule has 0 radical (unpaired) electrons. The lowest BCUT2D eigenvalue weighted by Gasteiger charge is -2.08. The standard InChI is InChI=1S/C13H16N2O2/c1-17-8-2-6-14-13-12-9-11(16)4-3-10(12)5-7-15-13/h3-5,7,9,16H,2,6,8H2,1H3,(H,14,15). The summed E-state index contributed by atoms with van der Waals surface area (Å²) in [5, 5.41) is 14.7. The van der Waals surface area contributed by atoms with Crippen molar-refractivity contribution in [1.82, 2.24) is 4.98 Å². The second-order valence-corrected chi connectivity index (χ2v) is 3.84. The van der Waals surface area contributed by atoms with Crippen molar-refractivity contribution in [2.75, 3.05) is 25.6 Å². The quantitative estimate of drug-likeness (QED) is 0.777. The minimum Gasteiger partial charge on any atom is -0.508 e. The van der Waals surface area contributed by atoms with Crippen molar-refractivity contribution in [2.24, 2.45) is 0 Å². The van der Waals surface area contributed by atoms with E-state index >= 15 is 0 Å². The molecule has 0 aliphatic carbocycles. The number of nitrogens with one attached hydrogen (secondary N) is 1. The zero-order valence-corrected chi connectivity index (χ0v) is 9.81. The molecule has 4 heteroatoms. The third kappa shape index (κ3) is 2.85. The Labute approximate surface area is 100 Å². The molecule has 2 N–H and O–H groups in total. The van der Waals surface area contributed by atoms with Gasteiger partial charge < -0.3 is 15.2 Å². The monoisotopic (exact) mass is 232 g/mol. The van der Waals surface area contributed by atoms with Gasteiger partial charge in [-0.1, -0.05) is 6.07 Å². The highest BCUT2D eigenvalue weighted by Crippen LogP contribution is 2.24. The topological polar surface area (TPSA) is 54.4 Å². The summed E-state index contributed by atoms with van der Waals surface area (Å²) in [6, 6.07) is 7.21. The number of hydrogen-bond donors (Lipinski definition) is 2. The Bertz CT molecular complexity index is 500. The van der Waals surface area contributed by atoms with Gasteiger partial charge in [-0.15, -0.1) is 0 Å². The third-order valence-electron chi connectivity index (χ3n) is 2.57. The summed E-state index contributed by atoms with van der Waals surface area (Å²) in [6.45, 7) is 1.53. The minimum absolute atomic E-state index is 0.255. The van der Waals surface area contributed by atoms with Gasteiger partial charge in [-0.2, -0.15) is 0 Å².